The molecule has 1 rings (SSSR count). The van der Waals surface area contributed by atoms with Gasteiger partial charge >= 0.3 is 11.4 Å². The third-order valence-electron chi connectivity index (χ3n) is 1.48. The molecular formula is C8H10N2O4S2. The molecule has 2 N–H and O–H groups in total. The first-order valence-corrected chi connectivity index (χ1v) is 6.15. The van der Waals surface area contributed by atoms with Crippen LogP contribution in [0.5, 0.6) is 0 Å². The molecule has 8 heteroatoms. The van der Waals surface area contributed by atoms with E-state index in [0.29, 0.717) is 17.9 Å². The fourth-order valence-corrected chi connectivity index (χ4v) is 1.54. The van der Waals surface area contributed by atoms with Crippen LogP contribution in [0.2, 0.25) is 0 Å². The van der Waals surface area contributed by atoms with Crippen molar-refractivity contribution >= 4 is 35.1 Å². The van der Waals surface area contributed by atoms with Crippen LogP contribution in [0.15, 0.2) is 18.3 Å². The molecule has 1 aromatic rings. The number of hydrogen-bond donors (Lipinski definition) is 2. The number of nitrogens with zero attached hydrogens (tertiary/aromatic N) is 1. The number of carbonyl (C=O) groups excluding carboxylic acids is 1. The number of rotatable bonds is 5. The summed E-state index contributed by atoms with van der Waals surface area (Å²) in [6, 6.07) is 3.48. The number of hydrogen-bond acceptors (Lipinski definition) is 5. The van der Waals surface area contributed by atoms with E-state index < -0.39 is 11.4 Å². The van der Waals surface area contributed by atoms with Gasteiger partial charge in [-0.25, -0.2) is 4.98 Å². The largest absolute Gasteiger partial charge is 0.313 e. The molecule has 0 aliphatic carbocycles. The van der Waals surface area contributed by atoms with Gasteiger partial charge in [-0.1, -0.05) is 6.07 Å². The fraction of sp³-hybridized carbons (Fsp3) is 0.250. The molecule has 1 unspecified atom stereocenters. The molecule has 88 valence electrons. The van der Waals surface area contributed by atoms with Crippen molar-refractivity contribution in [3.05, 3.63) is 23.9 Å². The number of carbonyl (C=O) groups is 1. The molecule has 1 amide bonds. The Kier molecular flexibility index (Phi) is 5.39. The van der Waals surface area contributed by atoms with Crippen molar-refractivity contribution in [1.29, 1.82) is 0 Å². The number of anilines is 1. The first kappa shape index (κ1) is 13.1. The summed E-state index contributed by atoms with van der Waals surface area (Å²) in [5.41, 5.74) is 0.992. The molecule has 0 aliphatic heterocycles. The molecule has 0 radical (unpaired) electrons. The number of aryl methyl sites for hydroxylation is 1. The molecule has 0 aromatic carbocycles. The van der Waals surface area contributed by atoms with E-state index in [1.165, 1.54) is 0 Å². The lowest BCUT2D eigenvalue weighted by Crippen LogP contribution is -2.15. The van der Waals surface area contributed by atoms with Crippen molar-refractivity contribution in [2.24, 2.45) is 0 Å². The second-order valence-electron chi connectivity index (χ2n) is 2.82. The SMILES string of the molecule is Cc1ccc(NC(=O)CSOS(=O)O)nc1. The standard InChI is InChI=1S/C8H10N2O4S2/c1-6-2-3-7(9-4-6)10-8(11)5-15-14-16(12)13/h2-4H,5H2,1H3,(H,12,13)(H,9,10,11). The molecule has 1 aromatic heterocycles. The van der Waals surface area contributed by atoms with E-state index in [2.05, 4.69) is 13.9 Å². The highest BCUT2D eigenvalue weighted by Crippen LogP contribution is 2.07. The maximum atomic E-state index is 11.2. The Morgan fingerprint density at radius 1 is 1.69 bits per heavy atom. The molecule has 0 spiro atoms. The van der Waals surface area contributed by atoms with Gasteiger partial charge in [0.1, 0.15) is 11.6 Å². The quantitative estimate of drug-likeness (QED) is 0.611. The molecular weight excluding hydrogens is 252 g/mol. The second-order valence-corrected chi connectivity index (χ2v) is 4.32. The minimum Gasteiger partial charge on any atom is -0.310 e. The van der Waals surface area contributed by atoms with Gasteiger partial charge in [0.2, 0.25) is 5.91 Å². The number of nitrogens with one attached hydrogen (secondary N) is 1. The maximum Gasteiger partial charge on any atom is 0.313 e. The third-order valence-corrected chi connectivity index (χ3v) is 2.71. The summed E-state index contributed by atoms with van der Waals surface area (Å²) in [5.74, 6) is -0.00452. The van der Waals surface area contributed by atoms with Gasteiger partial charge in [0.15, 0.2) is 0 Å². The third kappa shape index (κ3) is 5.21. The summed E-state index contributed by atoms with van der Waals surface area (Å²) in [6.45, 7) is 1.89. The van der Waals surface area contributed by atoms with Crippen LogP contribution in [0.4, 0.5) is 5.82 Å². The molecule has 16 heavy (non-hydrogen) atoms. The van der Waals surface area contributed by atoms with Crippen LogP contribution in [0, 0.1) is 6.92 Å². The average Bonchev–Trinajstić information content (AvgIpc) is 2.21. The van der Waals surface area contributed by atoms with Crippen molar-refractivity contribution < 1.29 is 17.2 Å². The molecule has 0 saturated carbocycles. The van der Waals surface area contributed by atoms with Gasteiger partial charge in [0.05, 0.1) is 0 Å². The van der Waals surface area contributed by atoms with Gasteiger partial charge in [0, 0.05) is 18.2 Å². The predicted octanol–water partition coefficient (Wildman–Crippen LogP) is 1.13. The monoisotopic (exact) mass is 262 g/mol. The zero-order valence-electron chi connectivity index (χ0n) is 8.37. The molecule has 1 heterocycles. The normalized spacial score (nSPS) is 12.1. The van der Waals surface area contributed by atoms with E-state index in [-0.39, 0.29) is 11.7 Å². The van der Waals surface area contributed by atoms with Crippen LogP contribution in [0.25, 0.3) is 0 Å². The minimum absolute atomic E-state index is 0.0815. The lowest BCUT2D eigenvalue weighted by atomic mass is 10.3. The zero-order valence-corrected chi connectivity index (χ0v) is 10.0. The van der Waals surface area contributed by atoms with Crippen LogP contribution in [0.3, 0.4) is 0 Å². The van der Waals surface area contributed by atoms with Crippen molar-refractivity contribution in [3.8, 4) is 0 Å². The van der Waals surface area contributed by atoms with Gasteiger partial charge in [0.25, 0.3) is 0 Å². The second kappa shape index (κ2) is 6.59. The van der Waals surface area contributed by atoms with Crippen LogP contribution >= 0.6 is 12.0 Å². The van der Waals surface area contributed by atoms with Crippen molar-refractivity contribution in [3.63, 3.8) is 0 Å². The Hall–Kier alpha value is -0.960. The molecule has 0 saturated heterocycles. The summed E-state index contributed by atoms with van der Waals surface area (Å²) >= 11 is -1.76. The van der Waals surface area contributed by atoms with Crippen molar-refractivity contribution in [2.45, 2.75) is 6.92 Å². The van der Waals surface area contributed by atoms with Gasteiger partial charge in [-0.15, -0.1) is 0 Å². The van der Waals surface area contributed by atoms with E-state index in [4.69, 9.17) is 4.55 Å². The van der Waals surface area contributed by atoms with Crippen LogP contribution in [0.1, 0.15) is 5.56 Å². The van der Waals surface area contributed by atoms with Gasteiger partial charge in [-0.05, 0) is 18.6 Å². The molecule has 6 nitrogen and oxygen atoms in total. The molecule has 1 atom stereocenters. The first-order valence-electron chi connectivity index (χ1n) is 4.21. The number of amides is 1. The number of aromatic nitrogens is 1. The highest BCUT2D eigenvalue weighted by atomic mass is 32.3. The Bertz CT molecular complexity index is 382. The summed E-state index contributed by atoms with van der Waals surface area (Å²) in [6.07, 6.45) is 1.63. The topological polar surface area (TPSA) is 88.5 Å². The van der Waals surface area contributed by atoms with E-state index in [0.717, 1.165) is 5.56 Å². The summed E-state index contributed by atoms with van der Waals surface area (Å²) in [5, 5.41) is 2.51. The highest BCUT2D eigenvalue weighted by Gasteiger charge is 2.05. The van der Waals surface area contributed by atoms with Crippen LogP contribution in [-0.4, -0.2) is 25.4 Å². The lowest BCUT2D eigenvalue weighted by Gasteiger charge is -2.03. The van der Waals surface area contributed by atoms with E-state index in [9.17, 15) is 9.00 Å². The van der Waals surface area contributed by atoms with Gasteiger partial charge in [-0.2, -0.15) is 7.84 Å². The first-order chi connectivity index (χ1) is 7.58. The Morgan fingerprint density at radius 3 is 3.00 bits per heavy atom. The van der Waals surface area contributed by atoms with Gasteiger partial charge in [-0.3, -0.25) is 9.35 Å². The molecule has 0 fully saturated rings. The summed E-state index contributed by atoms with van der Waals surface area (Å²) < 4.78 is 22.6. The van der Waals surface area contributed by atoms with E-state index in [1.807, 2.05) is 13.0 Å². The Balaban J connectivity index is 2.34. The summed E-state index contributed by atoms with van der Waals surface area (Å²) in [4.78, 5) is 15.2. The Morgan fingerprint density at radius 2 is 2.44 bits per heavy atom. The van der Waals surface area contributed by atoms with Crippen LogP contribution < -0.4 is 5.32 Å². The van der Waals surface area contributed by atoms with Crippen molar-refractivity contribution in [1.82, 2.24) is 4.98 Å². The highest BCUT2D eigenvalue weighted by molar-refractivity contribution is 8.01. The molecule has 0 aliphatic rings. The minimum atomic E-state index is -2.36. The number of pyridine rings is 1. The molecule has 0 bridgehead atoms. The van der Waals surface area contributed by atoms with Gasteiger partial charge < -0.3 is 5.32 Å². The van der Waals surface area contributed by atoms with Crippen LogP contribution in [-0.2, 0) is 19.8 Å². The van der Waals surface area contributed by atoms with E-state index in [1.54, 1.807) is 12.3 Å². The predicted molar refractivity (Wildman–Crippen MR) is 61.9 cm³/mol. The maximum absolute atomic E-state index is 11.2. The Labute approximate surface area is 99.5 Å². The van der Waals surface area contributed by atoms with Crippen molar-refractivity contribution in [2.75, 3.05) is 11.1 Å². The summed E-state index contributed by atoms with van der Waals surface area (Å²) in [7, 11) is 0. The average molecular weight is 262 g/mol. The smallest absolute Gasteiger partial charge is 0.310 e. The van der Waals surface area contributed by atoms with E-state index >= 15 is 0 Å². The lowest BCUT2D eigenvalue weighted by molar-refractivity contribution is -0.113. The zero-order chi connectivity index (χ0) is 12.0. The fourth-order valence-electron chi connectivity index (χ4n) is 0.839.